The molecule has 2 heterocycles. The van der Waals surface area contributed by atoms with E-state index in [-0.39, 0.29) is 17.2 Å². The van der Waals surface area contributed by atoms with Gasteiger partial charge in [0.2, 0.25) is 15.9 Å². The molecule has 1 aromatic carbocycles. The number of anilines is 1. The summed E-state index contributed by atoms with van der Waals surface area (Å²) >= 11 is 1.14. The summed E-state index contributed by atoms with van der Waals surface area (Å²) in [5.74, 6) is -1.26. The standard InChI is InChI=1S/C18H17FN4O5S2/c1-28-14-6-12(5-13(19)7-14)15-10-29-18(21-15)22-16(24)8-20-17(25)11-3-4-23(9-11)30(2,26)27/h3-7,9-10H,8H2,1-2H3,(H,20,25)(H,21,22,24). The fourth-order valence-electron chi connectivity index (χ4n) is 2.44. The summed E-state index contributed by atoms with van der Waals surface area (Å²) in [5, 5.41) is 6.86. The Morgan fingerprint density at radius 1 is 1.30 bits per heavy atom. The van der Waals surface area contributed by atoms with Crippen molar-refractivity contribution in [2.75, 3.05) is 25.2 Å². The number of hydrogen-bond donors (Lipinski definition) is 2. The van der Waals surface area contributed by atoms with Crippen LogP contribution in [0.2, 0.25) is 0 Å². The Labute approximate surface area is 175 Å². The molecule has 9 nitrogen and oxygen atoms in total. The number of rotatable bonds is 7. The van der Waals surface area contributed by atoms with Gasteiger partial charge < -0.3 is 15.4 Å². The topological polar surface area (TPSA) is 119 Å². The molecule has 2 aromatic heterocycles. The summed E-state index contributed by atoms with van der Waals surface area (Å²) in [6.45, 7) is -0.342. The molecule has 3 rings (SSSR count). The smallest absolute Gasteiger partial charge is 0.253 e. The highest BCUT2D eigenvalue weighted by atomic mass is 32.2. The number of nitrogens with one attached hydrogen (secondary N) is 2. The number of carbonyl (C=O) groups excluding carboxylic acids is 2. The maximum absolute atomic E-state index is 13.7. The van der Waals surface area contributed by atoms with E-state index in [2.05, 4.69) is 15.6 Å². The van der Waals surface area contributed by atoms with Crippen LogP contribution in [0.25, 0.3) is 11.3 Å². The number of thiazole rings is 1. The molecule has 12 heteroatoms. The molecule has 0 saturated heterocycles. The second kappa shape index (κ2) is 8.63. The lowest BCUT2D eigenvalue weighted by Crippen LogP contribution is -2.32. The lowest BCUT2D eigenvalue weighted by atomic mass is 10.1. The normalized spacial score (nSPS) is 11.2. The highest BCUT2D eigenvalue weighted by molar-refractivity contribution is 7.89. The molecule has 0 unspecified atom stereocenters. The Hall–Kier alpha value is -3.25. The Balaban J connectivity index is 1.59. The van der Waals surface area contributed by atoms with Crippen molar-refractivity contribution in [3.8, 4) is 17.0 Å². The molecule has 0 bridgehead atoms. The molecular formula is C18H17FN4O5S2. The van der Waals surface area contributed by atoms with E-state index in [0.29, 0.717) is 17.0 Å². The first-order chi connectivity index (χ1) is 14.2. The fraction of sp³-hybridized carbons (Fsp3) is 0.167. The van der Waals surface area contributed by atoms with Crippen molar-refractivity contribution in [1.29, 1.82) is 0 Å². The Bertz CT molecular complexity index is 1200. The first-order valence-electron chi connectivity index (χ1n) is 8.43. The predicted octanol–water partition coefficient (Wildman–Crippen LogP) is 1.94. The van der Waals surface area contributed by atoms with Crippen molar-refractivity contribution < 1.29 is 27.1 Å². The van der Waals surface area contributed by atoms with Gasteiger partial charge in [0.15, 0.2) is 5.13 Å². The largest absolute Gasteiger partial charge is 0.497 e. The molecule has 2 N–H and O–H groups in total. The van der Waals surface area contributed by atoms with Gasteiger partial charge >= 0.3 is 0 Å². The molecule has 0 fully saturated rings. The van der Waals surface area contributed by atoms with E-state index in [1.165, 1.54) is 31.5 Å². The van der Waals surface area contributed by atoms with Crippen molar-refractivity contribution in [1.82, 2.24) is 14.3 Å². The highest BCUT2D eigenvalue weighted by Gasteiger charge is 2.14. The van der Waals surface area contributed by atoms with Crippen LogP contribution in [0.1, 0.15) is 10.4 Å². The third-order valence-corrected chi connectivity index (χ3v) is 5.63. The van der Waals surface area contributed by atoms with Crippen molar-refractivity contribution >= 4 is 38.3 Å². The average molecular weight is 452 g/mol. The van der Waals surface area contributed by atoms with Gasteiger partial charge in [0.25, 0.3) is 5.91 Å². The minimum absolute atomic E-state index is 0.102. The number of aromatic nitrogens is 2. The lowest BCUT2D eigenvalue weighted by molar-refractivity contribution is -0.115. The second-order valence-electron chi connectivity index (χ2n) is 6.14. The molecule has 0 aliphatic rings. The summed E-state index contributed by atoms with van der Waals surface area (Å²) in [4.78, 5) is 28.4. The van der Waals surface area contributed by atoms with E-state index >= 15 is 0 Å². The summed E-state index contributed by atoms with van der Waals surface area (Å²) in [5.41, 5.74) is 1.05. The first kappa shape index (κ1) is 21.5. The van der Waals surface area contributed by atoms with Gasteiger partial charge in [-0.15, -0.1) is 11.3 Å². The van der Waals surface area contributed by atoms with Gasteiger partial charge in [-0.3, -0.25) is 13.6 Å². The molecule has 3 aromatic rings. The van der Waals surface area contributed by atoms with Crippen LogP contribution in [-0.2, 0) is 14.8 Å². The molecule has 0 radical (unpaired) electrons. The number of benzene rings is 1. The van der Waals surface area contributed by atoms with Gasteiger partial charge in [-0.25, -0.2) is 17.8 Å². The molecule has 0 spiro atoms. The van der Waals surface area contributed by atoms with Gasteiger partial charge in [0, 0.05) is 29.4 Å². The van der Waals surface area contributed by atoms with Crippen LogP contribution in [0.4, 0.5) is 9.52 Å². The number of nitrogens with zero attached hydrogens (tertiary/aromatic N) is 2. The van der Waals surface area contributed by atoms with Gasteiger partial charge in [0.05, 0.1) is 31.2 Å². The zero-order chi connectivity index (χ0) is 21.9. The molecular weight excluding hydrogens is 435 g/mol. The van der Waals surface area contributed by atoms with Crippen LogP contribution in [-0.4, -0.2) is 49.1 Å². The first-order valence-corrected chi connectivity index (χ1v) is 11.2. The van der Waals surface area contributed by atoms with Crippen LogP contribution in [0, 0.1) is 5.82 Å². The van der Waals surface area contributed by atoms with E-state index in [4.69, 9.17) is 4.74 Å². The van der Waals surface area contributed by atoms with Crippen molar-refractivity contribution in [3.63, 3.8) is 0 Å². The molecule has 0 saturated carbocycles. The third-order valence-electron chi connectivity index (χ3n) is 3.88. The SMILES string of the molecule is COc1cc(F)cc(-c2csc(NC(=O)CNC(=O)c3ccn(S(C)(=O)=O)c3)n2)c1. The maximum Gasteiger partial charge on any atom is 0.253 e. The zero-order valence-corrected chi connectivity index (χ0v) is 17.5. The van der Waals surface area contributed by atoms with Gasteiger partial charge in [-0.05, 0) is 18.2 Å². The molecule has 0 aliphatic heterocycles. The van der Waals surface area contributed by atoms with Gasteiger partial charge in [-0.1, -0.05) is 0 Å². The molecule has 0 aliphatic carbocycles. The van der Waals surface area contributed by atoms with Gasteiger partial charge in [-0.2, -0.15) is 0 Å². The summed E-state index contributed by atoms with van der Waals surface area (Å²) in [7, 11) is -2.07. The van der Waals surface area contributed by atoms with Gasteiger partial charge in [0.1, 0.15) is 11.6 Å². The Kier molecular flexibility index (Phi) is 6.17. The minimum Gasteiger partial charge on any atom is -0.497 e. The fourth-order valence-corrected chi connectivity index (χ4v) is 3.76. The van der Waals surface area contributed by atoms with Crippen molar-refractivity contribution in [2.45, 2.75) is 0 Å². The third kappa shape index (κ3) is 5.21. The number of ether oxygens (including phenoxy) is 1. The van der Waals surface area contributed by atoms with Crippen LogP contribution in [0.5, 0.6) is 5.75 Å². The van der Waals surface area contributed by atoms with Crippen molar-refractivity contribution in [3.05, 3.63) is 53.4 Å². The van der Waals surface area contributed by atoms with E-state index in [1.807, 2.05) is 0 Å². The molecule has 0 atom stereocenters. The van der Waals surface area contributed by atoms with Crippen LogP contribution >= 0.6 is 11.3 Å². The van der Waals surface area contributed by atoms with Crippen LogP contribution < -0.4 is 15.4 Å². The summed E-state index contributed by atoms with van der Waals surface area (Å²) in [6, 6.07) is 5.48. The van der Waals surface area contributed by atoms with E-state index in [1.54, 1.807) is 11.4 Å². The highest BCUT2D eigenvalue weighted by Crippen LogP contribution is 2.28. The summed E-state index contributed by atoms with van der Waals surface area (Å²) < 4.78 is 42.4. The number of amides is 2. The van der Waals surface area contributed by atoms with E-state index in [0.717, 1.165) is 27.8 Å². The number of methoxy groups -OCH3 is 1. The quantitative estimate of drug-likeness (QED) is 0.565. The molecule has 158 valence electrons. The van der Waals surface area contributed by atoms with Crippen LogP contribution in [0.3, 0.4) is 0 Å². The van der Waals surface area contributed by atoms with E-state index in [9.17, 15) is 22.4 Å². The number of carbonyl (C=O) groups is 2. The maximum atomic E-state index is 13.7. The molecule has 30 heavy (non-hydrogen) atoms. The van der Waals surface area contributed by atoms with Crippen LogP contribution in [0.15, 0.2) is 42.0 Å². The Morgan fingerprint density at radius 2 is 2.07 bits per heavy atom. The molecule has 2 amide bonds. The Morgan fingerprint density at radius 3 is 2.73 bits per heavy atom. The van der Waals surface area contributed by atoms with E-state index < -0.39 is 27.7 Å². The second-order valence-corrected chi connectivity index (χ2v) is 8.89. The predicted molar refractivity (Wildman–Crippen MR) is 110 cm³/mol. The average Bonchev–Trinajstić information content (AvgIpc) is 3.35. The minimum atomic E-state index is -3.50. The number of halogens is 1. The number of hydrogen-bond acceptors (Lipinski definition) is 7. The zero-order valence-electron chi connectivity index (χ0n) is 15.9. The lowest BCUT2D eigenvalue weighted by Gasteiger charge is -2.04. The monoisotopic (exact) mass is 452 g/mol. The van der Waals surface area contributed by atoms with Crippen molar-refractivity contribution in [2.24, 2.45) is 0 Å². The summed E-state index contributed by atoms with van der Waals surface area (Å²) in [6.07, 6.45) is 3.40.